The molecule has 0 heterocycles. The molecule has 0 aromatic heterocycles. The first-order chi connectivity index (χ1) is 7.49. The van der Waals surface area contributed by atoms with Gasteiger partial charge in [-0.2, -0.15) is 0 Å². The van der Waals surface area contributed by atoms with Gasteiger partial charge in [0.2, 0.25) is 5.91 Å². The molecule has 0 atom stereocenters. The number of amides is 1. The van der Waals surface area contributed by atoms with Gasteiger partial charge in [0.05, 0.1) is 6.54 Å². The van der Waals surface area contributed by atoms with Gasteiger partial charge in [0.25, 0.3) is 0 Å². The second-order valence-corrected chi connectivity index (χ2v) is 4.42. The van der Waals surface area contributed by atoms with Crippen molar-refractivity contribution < 1.29 is 4.79 Å². The molecular formula is C13H20N2O. The lowest BCUT2D eigenvalue weighted by Gasteiger charge is -2.20. The van der Waals surface area contributed by atoms with Crippen molar-refractivity contribution in [3.05, 3.63) is 29.8 Å². The Hall–Kier alpha value is -1.35. The summed E-state index contributed by atoms with van der Waals surface area (Å²) in [7, 11) is 1.94. The van der Waals surface area contributed by atoms with E-state index in [0.717, 1.165) is 5.69 Å². The summed E-state index contributed by atoms with van der Waals surface area (Å²) in [6.07, 6.45) is 0. The number of likely N-dealkylation sites (N-methyl/N-ethyl adjacent to an activating group) is 1. The van der Waals surface area contributed by atoms with Crippen molar-refractivity contribution in [1.82, 2.24) is 4.90 Å². The summed E-state index contributed by atoms with van der Waals surface area (Å²) in [5, 5.41) is 2.87. The summed E-state index contributed by atoms with van der Waals surface area (Å²) in [5.41, 5.74) is 2.05. The van der Waals surface area contributed by atoms with Gasteiger partial charge >= 0.3 is 0 Å². The topological polar surface area (TPSA) is 32.3 Å². The second-order valence-electron chi connectivity index (χ2n) is 4.42. The number of carbonyl (C=O) groups excluding carboxylic acids is 1. The van der Waals surface area contributed by atoms with Crippen molar-refractivity contribution >= 4 is 11.6 Å². The van der Waals surface area contributed by atoms with Crippen LogP contribution in [0.2, 0.25) is 0 Å². The molecule has 0 spiro atoms. The van der Waals surface area contributed by atoms with Gasteiger partial charge in [-0.15, -0.1) is 0 Å². The molecule has 0 radical (unpaired) electrons. The highest BCUT2D eigenvalue weighted by molar-refractivity contribution is 5.92. The third-order valence-electron chi connectivity index (χ3n) is 2.61. The number of rotatable bonds is 4. The van der Waals surface area contributed by atoms with E-state index in [1.54, 1.807) is 0 Å². The Labute approximate surface area is 97.5 Å². The van der Waals surface area contributed by atoms with Crippen LogP contribution in [-0.2, 0) is 4.79 Å². The molecule has 88 valence electrons. The largest absolute Gasteiger partial charge is 0.325 e. The summed E-state index contributed by atoms with van der Waals surface area (Å²) in [6.45, 7) is 6.59. The minimum atomic E-state index is 0.0278. The Bertz CT molecular complexity index is 343. The summed E-state index contributed by atoms with van der Waals surface area (Å²) >= 11 is 0. The molecule has 1 amide bonds. The Kier molecular flexibility index (Phi) is 4.50. The van der Waals surface area contributed by atoms with Gasteiger partial charge in [-0.3, -0.25) is 9.69 Å². The molecule has 0 aliphatic rings. The van der Waals surface area contributed by atoms with E-state index in [-0.39, 0.29) is 5.91 Å². The van der Waals surface area contributed by atoms with E-state index in [1.807, 2.05) is 43.1 Å². The lowest BCUT2D eigenvalue weighted by atomic mass is 10.2. The number of hydrogen-bond donors (Lipinski definition) is 1. The third kappa shape index (κ3) is 4.03. The monoisotopic (exact) mass is 220 g/mol. The van der Waals surface area contributed by atoms with E-state index >= 15 is 0 Å². The molecule has 1 rings (SSSR count). The van der Waals surface area contributed by atoms with E-state index in [4.69, 9.17) is 0 Å². The number of aryl methyl sites for hydroxylation is 1. The van der Waals surface area contributed by atoms with E-state index in [1.165, 1.54) is 5.56 Å². The van der Waals surface area contributed by atoms with Crippen molar-refractivity contribution in [2.24, 2.45) is 0 Å². The average Bonchev–Trinajstić information content (AvgIpc) is 2.21. The van der Waals surface area contributed by atoms with Gasteiger partial charge in [0, 0.05) is 11.7 Å². The summed E-state index contributed by atoms with van der Waals surface area (Å²) in [4.78, 5) is 13.7. The molecule has 1 N–H and O–H groups in total. The predicted octanol–water partition coefficient (Wildman–Crippen LogP) is 2.27. The van der Waals surface area contributed by atoms with Gasteiger partial charge < -0.3 is 5.32 Å². The highest BCUT2D eigenvalue weighted by Crippen LogP contribution is 2.08. The fourth-order valence-electron chi connectivity index (χ4n) is 1.25. The molecule has 1 aromatic carbocycles. The fraction of sp³-hybridized carbons (Fsp3) is 0.462. The molecule has 0 saturated carbocycles. The summed E-state index contributed by atoms with van der Waals surface area (Å²) in [5.74, 6) is 0.0278. The zero-order valence-corrected chi connectivity index (χ0v) is 10.4. The second kappa shape index (κ2) is 5.66. The van der Waals surface area contributed by atoms with Crippen LogP contribution < -0.4 is 5.32 Å². The SMILES string of the molecule is Cc1ccc(NC(=O)CN(C)C(C)C)cc1. The van der Waals surface area contributed by atoms with Crippen LogP contribution in [0.3, 0.4) is 0 Å². The number of nitrogens with one attached hydrogen (secondary N) is 1. The zero-order chi connectivity index (χ0) is 12.1. The maximum absolute atomic E-state index is 11.7. The van der Waals surface area contributed by atoms with Gasteiger partial charge in [-0.1, -0.05) is 17.7 Å². The summed E-state index contributed by atoms with van der Waals surface area (Å²) in [6, 6.07) is 8.19. The highest BCUT2D eigenvalue weighted by atomic mass is 16.2. The maximum Gasteiger partial charge on any atom is 0.238 e. The Morgan fingerprint density at radius 2 is 1.88 bits per heavy atom. The molecule has 3 nitrogen and oxygen atoms in total. The smallest absolute Gasteiger partial charge is 0.238 e. The van der Waals surface area contributed by atoms with E-state index in [9.17, 15) is 4.79 Å². The molecule has 0 bridgehead atoms. The van der Waals surface area contributed by atoms with Crippen LogP contribution in [0.5, 0.6) is 0 Å². The highest BCUT2D eigenvalue weighted by Gasteiger charge is 2.09. The van der Waals surface area contributed by atoms with E-state index in [2.05, 4.69) is 19.2 Å². The number of anilines is 1. The molecule has 0 aliphatic heterocycles. The van der Waals surface area contributed by atoms with Crippen molar-refractivity contribution in [2.75, 3.05) is 18.9 Å². The minimum absolute atomic E-state index is 0.0278. The molecular weight excluding hydrogens is 200 g/mol. The Morgan fingerprint density at radius 3 is 2.38 bits per heavy atom. The lowest BCUT2D eigenvalue weighted by Crippen LogP contribution is -2.34. The predicted molar refractivity (Wildman–Crippen MR) is 67.6 cm³/mol. The van der Waals surface area contributed by atoms with Crippen LogP contribution in [0.1, 0.15) is 19.4 Å². The van der Waals surface area contributed by atoms with Gasteiger partial charge in [-0.25, -0.2) is 0 Å². The Balaban J connectivity index is 2.48. The molecule has 0 aliphatic carbocycles. The minimum Gasteiger partial charge on any atom is -0.325 e. The van der Waals surface area contributed by atoms with E-state index in [0.29, 0.717) is 12.6 Å². The van der Waals surface area contributed by atoms with Crippen LogP contribution in [0.4, 0.5) is 5.69 Å². The molecule has 16 heavy (non-hydrogen) atoms. The standard InChI is InChI=1S/C13H20N2O/c1-10(2)15(4)9-13(16)14-12-7-5-11(3)6-8-12/h5-8,10H,9H2,1-4H3,(H,14,16). The molecule has 3 heteroatoms. The fourth-order valence-corrected chi connectivity index (χ4v) is 1.25. The van der Waals surface area contributed by atoms with Gasteiger partial charge in [0.15, 0.2) is 0 Å². The van der Waals surface area contributed by atoms with Crippen molar-refractivity contribution in [2.45, 2.75) is 26.8 Å². The number of carbonyl (C=O) groups is 1. The zero-order valence-electron chi connectivity index (χ0n) is 10.4. The number of benzene rings is 1. The normalized spacial score (nSPS) is 10.9. The molecule has 0 saturated heterocycles. The first kappa shape index (κ1) is 12.7. The first-order valence-corrected chi connectivity index (χ1v) is 5.56. The number of nitrogens with zero attached hydrogens (tertiary/aromatic N) is 1. The molecule has 1 aromatic rings. The molecule has 0 unspecified atom stereocenters. The third-order valence-corrected chi connectivity index (χ3v) is 2.61. The van der Waals surface area contributed by atoms with Gasteiger partial charge in [-0.05, 0) is 40.0 Å². The summed E-state index contributed by atoms with van der Waals surface area (Å²) < 4.78 is 0. The quantitative estimate of drug-likeness (QED) is 0.844. The van der Waals surface area contributed by atoms with Crippen LogP contribution in [0.15, 0.2) is 24.3 Å². The Morgan fingerprint density at radius 1 is 1.31 bits per heavy atom. The first-order valence-electron chi connectivity index (χ1n) is 5.56. The van der Waals surface area contributed by atoms with Crippen molar-refractivity contribution in [3.63, 3.8) is 0 Å². The van der Waals surface area contributed by atoms with Crippen molar-refractivity contribution in [1.29, 1.82) is 0 Å². The average molecular weight is 220 g/mol. The van der Waals surface area contributed by atoms with Crippen LogP contribution in [0, 0.1) is 6.92 Å². The lowest BCUT2D eigenvalue weighted by molar-refractivity contribution is -0.117. The van der Waals surface area contributed by atoms with E-state index < -0.39 is 0 Å². The van der Waals surface area contributed by atoms with Crippen LogP contribution >= 0.6 is 0 Å². The van der Waals surface area contributed by atoms with Crippen molar-refractivity contribution in [3.8, 4) is 0 Å². The van der Waals surface area contributed by atoms with Gasteiger partial charge in [0.1, 0.15) is 0 Å². The number of hydrogen-bond acceptors (Lipinski definition) is 2. The molecule has 0 fully saturated rings. The van der Waals surface area contributed by atoms with Crippen LogP contribution in [-0.4, -0.2) is 30.4 Å². The van der Waals surface area contributed by atoms with Crippen LogP contribution in [0.25, 0.3) is 0 Å². The maximum atomic E-state index is 11.7.